The average molecular weight is 313 g/mol. The molecular weight excluding hydrogens is 296 g/mol. The van der Waals surface area contributed by atoms with Crippen molar-refractivity contribution in [3.05, 3.63) is 28.8 Å². The number of nitrogens with one attached hydrogen (secondary N) is 2. The third kappa shape index (κ3) is 5.83. The first-order valence-corrected chi connectivity index (χ1v) is 6.85. The highest BCUT2D eigenvalue weighted by Gasteiger charge is 2.11. The Morgan fingerprint density at radius 3 is 2.48 bits per heavy atom. The van der Waals surface area contributed by atoms with E-state index in [9.17, 15) is 14.4 Å². The molecule has 6 nitrogen and oxygen atoms in total. The molecule has 0 bridgehead atoms. The number of carbonyl (C=O) groups excluding carboxylic acids is 2. The summed E-state index contributed by atoms with van der Waals surface area (Å²) in [5.41, 5.74) is 0.754. The predicted octanol–water partition coefficient (Wildman–Crippen LogP) is 2.28. The Kier molecular flexibility index (Phi) is 6.68. The maximum atomic E-state index is 11.7. The number of hydrogen-bond donors (Lipinski definition) is 3. The summed E-state index contributed by atoms with van der Waals surface area (Å²) < 4.78 is 0. The van der Waals surface area contributed by atoms with Crippen LogP contribution in [0, 0.1) is 0 Å². The van der Waals surface area contributed by atoms with E-state index in [2.05, 4.69) is 10.6 Å². The molecule has 0 fully saturated rings. The molecule has 1 aromatic carbocycles. The first kappa shape index (κ1) is 17.0. The number of carboxylic acid groups (broad SMARTS) is 1. The Hall–Kier alpha value is -2.08. The molecule has 1 rings (SSSR count). The summed E-state index contributed by atoms with van der Waals surface area (Å²) in [7, 11) is 1.49. The van der Waals surface area contributed by atoms with E-state index in [4.69, 9.17) is 16.7 Å². The third-order valence-electron chi connectivity index (χ3n) is 2.77. The van der Waals surface area contributed by atoms with Crippen molar-refractivity contribution < 1.29 is 19.5 Å². The van der Waals surface area contributed by atoms with Crippen LogP contribution in [-0.2, 0) is 9.59 Å². The topological polar surface area (TPSA) is 95.5 Å². The molecule has 1 aromatic rings. The van der Waals surface area contributed by atoms with E-state index in [1.165, 1.54) is 19.2 Å². The van der Waals surface area contributed by atoms with Crippen molar-refractivity contribution in [3.8, 4) is 0 Å². The molecule has 21 heavy (non-hydrogen) atoms. The first-order chi connectivity index (χ1) is 9.93. The summed E-state index contributed by atoms with van der Waals surface area (Å²) in [5.74, 6) is -1.44. The average Bonchev–Trinajstić information content (AvgIpc) is 2.44. The van der Waals surface area contributed by atoms with Crippen molar-refractivity contribution in [1.29, 1.82) is 0 Å². The normalized spacial score (nSPS) is 10.0. The minimum absolute atomic E-state index is 0.0506. The number of unbranched alkanes of at least 4 members (excludes halogenated alkanes) is 1. The van der Waals surface area contributed by atoms with E-state index in [-0.39, 0.29) is 30.2 Å². The van der Waals surface area contributed by atoms with Crippen LogP contribution < -0.4 is 10.6 Å². The fourth-order valence-electron chi connectivity index (χ4n) is 1.70. The van der Waals surface area contributed by atoms with Gasteiger partial charge in [-0.05, 0) is 31.0 Å². The van der Waals surface area contributed by atoms with Gasteiger partial charge in [0.1, 0.15) is 0 Å². The lowest BCUT2D eigenvalue weighted by molar-refractivity contribution is -0.137. The number of benzene rings is 1. The van der Waals surface area contributed by atoms with Crippen LogP contribution in [0.3, 0.4) is 0 Å². The summed E-state index contributed by atoms with van der Waals surface area (Å²) in [6, 6.07) is 4.63. The second kappa shape index (κ2) is 8.26. The van der Waals surface area contributed by atoms with E-state index in [0.29, 0.717) is 23.6 Å². The van der Waals surface area contributed by atoms with Gasteiger partial charge in [0.15, 0.2) is 0 Å². The molecule has 2 amide bonds. The van der Waals surface area contributed by atoms with Gasteiger partial charge in [0.05, 0.1) is 10.6 Å². The largest absolute Gasteiger partial charge is 0.481 e. The second-order valence-electron chi connectivity index (χ2n) is 4.42. The lowest BCUT2D eigenvalue weighted by Gasteiger charge is -2.08. The van der Waals surface area contributed by atoms with Crippen molar-refractivity contribution in [2.45, 2.75) is 25.7 Å². The van der Waals surface area contributed by atoms with E-state index in [1.54, 1.807) is 6.07 Å². The fourth-order valence-corrected chi connectivity index (χ4v) is 1.90. The van der Waals surface area contributed by atoms with Crippen molar-refractivity contribution in [2.24, 2.45) is 0 Å². The monoisotopic (exact) mass is 312 g/mol. The molecule has 114 valence electrons. The predicted molar refractivity (Wildman–Crippen MR) is 79.6 cm³/mol. The lowest BCUT2D eigenvalue weighted by Crippen LogP contribution is -2.19. The van der Waals surface area contributed by atoms with Crippen LogP contribution in [0.2, 0.25) is 5.02 Å². The van der Waals surface area contributed by atoms with Crippen LogP contribution in [0.25, 0.3) is 0 Å². The minimum Gasteiger partial charge on any atom is -0.481 e. The van der Waals surface area contributed by atoms with E-state index >= 15 is 0 Å². The zero-order valence-electron chi connectivity index (χ0n) is 11.6. The highest BCUT2D eigenvalue weighted by Crippen LogP contribution is 2.20. The van der Waals surface area contributed by atoms with Gasteiger partial charge in [0.2, 0.25) is 5.91 Å². The highest BCUT2D eigenvalue weighted by atomic mass is 35.5. The van der Waals surface area contributed by atoms with Crippen molar-refractivity contribution in [3.63, 3.8) is 0 Å². The quantitative estimate of drug-likeness (QED) is 0.673. The summed E-state index contributed by atoms with van der Waals surface area (Å²) in [6.07, 6.45) is 1.22. The maximum absolute atomic E-state index is 11.7. The second-order valence-corrected chi connectivity index (χ2v) is 4.83. The lowest BCUT2D eigenvalue weighted by atomic mass is 10.1. The zero-order chi connectivity index (χ0) is 15.8. The molecule has 0 aliphatic rings. The van der Waals surface area contributed by atoms with Gasteiger partial charge in [-0.2, -0.15) is 0 Å². The highest BCUT2D eigenvalue weighted by molar-refractivity contribution is 6.34. The molecule has 0 unspecified atom stereocenters. The van der Waals surface area contributed by atoms with Gasteiger partial charge in [0.25, 0.3) is 5.91 Å². The Balaban J connectivity index is 2.56. The molecular formula is C14H17ClN2O4. The Labute approximate surface area is 127 Å². The molecule has 0 aromatic heterocycles. The van der Waals surface area contributed by atoms with Gasteiger partial charge in [0, 0.05) is 25.6 Å². The van der Waals surface area contributed by atoms with E-state index < -0.39 is 5.97 Å². The van der Waals surface area contributed by atoms with Gasteiger partial charge < -0.3 is 15.7 Å². The summed E-state index contributed by atoms with van der Waals surface area (Å²) >= 11 is 5.91. The molecule has 7 heteroatoms. The van der Waals surface area contributed by atoms with Crippen LogP contribution in [-0.4, -0.2) is 29.9 Å². The van der Waals surface area contributed by atoms with Crippen LogP contribution in [0.1, 0.15) is 36.0 Å². The van der Waals surface area contributed by atoms with Gasteiger partial charge in [-0.15, -0.1) is 0 Å². The minimum atomic E-state index is -0.872. The molecule has 0 aliphatic carbocycles. The molecule has 0 heterocycles. The number of hydrogen-bond acceptors (Lipinski definition) is 3. The number of aliphatic carboxylic acids is 1. The molecule has 0 aliphatic heterocycles. The fraction of sp³-hybridized carbons (Fsp3) is 0.357. The van der Waals surface area contributed by atoms with Crippen molar-refractivity contribution in [2.75, 3.05) is 12.4 Å². The van der Waals surface area contributed by atoms with Crippen LogP contribution in [0.5, 0.6) is 0 Å². The Morgan fingerprint density at radius 1 is 1.19 bits per heavy atom. The number of anilines is 1. The molecule has 0 saturated carbocycles. The van der Waals surface area contributed by atoms with Crippen molar-refractivity contribution >= 4 is 35.1 Å². The number of carboxylic acids is 1. The molecule has 0 atom stereocenters. The maximum Gasteiger partial charge on any atom is 0.303 e. The van der Waals surface area contributed by atoms with Gasteiger partial charge in [-0.1, -0.05) is 11.6 Å². The smallest absolute Gasteiger partial charge is 0.303 e. The van der Waals surface area contributed by atoms with E-state index in [0.717, 1.165) is 0 Å². The number of amides is 2. The summed E-state index contributed by atoms with van der Waals surface area (Å²) in [5, 5.41) is 13.9. The van der Waals surface area contributed by atoms with Crippen LogP contribution >= 0.6 is 11.6 Å². The summed E-state index contributed by atoms with van der Waals surface area (Å²) in [6.45, 7) is 0. The number of carbonyl (C=O) groups is 3. The molecule has 3 N–H and O–H groups in total. The van der Waals surface area contributed by atoms with Crippen LogP contribution in [0.4, 0.5) is 5.69 Å². The molecule has 0 spiro atoms. The Morgan fingerprint density at radius 2 is 1.86 bits per heavy atom. The molecule has 0 saturated heterocycles. The van der Waals surface area contributed by atoms with Crippen LogP contribution in [0.15, 0.2) is 18.2 Å². The van der Waals surface area contributed by atoms with Gasteiger partial charge in [-0.3, -0.25) is 14.4 Å². The Bertz CT molecular complexity index is 546. The first-order valence-electron chi connectivity index (χ1n) is 6.47. The SMILES string of the molecule is CNC(=O)c1cc(NC(=O)CCCCC(=O)O)ccc1Cl. The van der Waals surface area contributed by atoms with E-state index in [1.807, 2.05) is 0 Å². The number of rotatable bonds is 7. The standard InChI is InChI=1S/C14H17ClN2O4/c1-16-14(21)10-8-9(6-7-11(10)15)17-12(18)4-2-3-5-13(19)20/h6-8H,2-5H2,1H3,(H,16,21)(H,17,18)(H,19,20). The summed E-state index contributed by atoms with van der Waals surface area (Å²) in [4.78, 5) is 33.6. The zero-order valence-corrected chi connectivity index (χ0v) is 12.4. The third-order valence-corrected chi connectivity index (χ3v) is 3.10. The number of halogens is 1. The van der Waals surface area contributed by atoms with Gasteiger partial charge >= 0.3 is 5.97 Å². The van der Waals surface area contributed by atoms with Gasteiger partial charge in [-0.25, -0.2) is 0 Å². The van der Waals surface area contributed by atoms with Crippen molar-refractivity contribution in [1.82, 2.24) is 5.32 Å². The molecule has 0 radical (unpaired) electrons.